The number of ether oxygens (including phenoxy) is 1. The predicted octanol–water partition coefficient (Wildman–Crippen LogP) is 3.63. The van der Waals surface area contributed by atoms with Gasteiger partial charge in [-0.1, -0.05) is 38.2 Å². The molecule has 0 unspecified atom stereocenters. The lowest BCUT2D eigenvalue weighted by atomic mass is 10.0. The molecule has 2 N–H and O–H groups in total. The van der Waals surface area contributed by atoms with E-state index in [4.69, 9.17) is 22.7 Å². The summed E-state index contributed by atoms with van der Waals surface area (Å²) in [5.41, 5.74) is 7.36. The second-order valence-electron chi connectivity index (χ2n) is 4.54. The molecule has 0 bridgehead atoms. The molecule has 0 spiro atoms. The van der Waals surface area contributed by atoms with Gasteiger partial charge in [-0.3, -0.25) is 0 Å². The highest BCUT2D eigenvalue weighted by atomic mass is 32.1. The zero-order valence-electron chi connectivity index (χ0n) is 11.0. The van der Waals surface area contributed by atoms with E-state index in [0.29, 0.717) is 17.4 Å². The molecule has 0 atom stereocenters. The summed E-state index contributed by atoms with van der Waals surface area (Å²) in [7, 11) is 0. The first-order chi connectivity index (χ1) is 9.08. The van der Waals surface area contributed by atoms with Crippen LogP contribution in [-0.4, -0.2) is 9.97 Å². The number of hydrogen-bond donors (Lipinski definition) is 1. The monoisotopic (exact) mass is 272 g/mol. The van der Waals surface area contributed by atoms with Gasteiger partial charge in [-0.2, -0.15) is 0 Å². The Morgan fingerprint density at radius 1 is 1.26 bits per heavy atom. The van der Waals surface area contributed by atoms with Crippen molar-refractivity contribution in [3.63, 3.8) is 0 Å². The summed E-state index contributed by atoms with van der Waals surface area (Å²) in [6.45, 7) is 4.28. The molecule has 3 nitrogen and oxygen atoms in total. The molecule has 1 aromatic carbocycles. The number of rotatable bonds is 4. The van der Waals surface area contributed by atoms with E-state index in [1.807, 2.05) is 24.3 Å². The number of nitrogens with two attached hydrogens (primary N) is 1. The van der Waals surface area contributed by atoms with E-state index in [-0.39, 0.29) is 4.99 Å². The van der Waals surface area contributed by atoms with Gasteiger partial charge in [0.25, 0.3) is 0 Å². The van der Waals surface area contributed by atoms with Crippen molar-refractivity contribution in [2.24, 2.45) is 5.73 Å². The summed E-state index contributed by atoms with van der Waals surface area (Å²) in [6, 6.07) is 11.6. The lowest BCUT2D eigenvalue weighted by molar-refractivity contribution is 0.478. The Bertz CT molecular complexity index is 596. The molecule has 0 aliphatic heterocycles. The van der Waals surface area contributed by atoms with Crippen LogP contribution in [0.1, 0.15) is 31.0 Å². The number of benzene rings is 1. The normalized spacial score (nSPS) is 10.5. The van der Waals surface area contributed by atoms with Crippen LogP contribution >= 0.6 is 12.2 Å². The van der Waals surface area contributed by atoms with Crippen LogP contribution in [0.25, 0.3) is 0 Å². The van der Waals surface area contributed by atoms with Gasteiger partial charge < -0.3 is 10.5 Å². The van der Waals surface area contributed by atoms with E-state index >= 15 is 0 Å². The Kier molecular flexibility index (Phi) is 4.12. The van der Waals surface area contributed by atoms with Gasteiger partial charge in [-0.05, 0) is 35.7 Å². The first-order valence-corrected chi connectivity index (χ1v) is 6.51. The molecule has 0 radical (unpaired) electrons. The summed E-state index contributed by atoms with van der Waals surface area (Å²) >= 11 is 4.97. The van der Waals surface area contributed by atoms with Crippen molar-refractivity contribution in [3.05, 3.63) is 53.9 Å². The van der Waals surface area contributed by atoms with Crippen molar-refractivity contribution in [2.75, 3.05) is 0 Å². The minimum atomic E-state index is 0.232. The van der Waals surface area contributed by atoms with Crippen LogP contribution in [0.3, 0.4) is 0 Å². The topological polar surface area (TPSA) is 48.1 Å². The van der Waals surface area contributed by atoms with Gasteiger partial charge in [0.2, 0.25) is 0 Å². The maximum Gasteiger partial charge on any atom is 0.156 e. The lowest BCUT2D eigenvalue weighted by Gasteiger charge is -2.11. The van der Waals surface area contributed by atoms with Gasteiger partial charge in [0, 0.05) is 6.20 Å². The molecular formula is C15H16N2OS. The highest BCUT2D eigenvalue weighted by molar-refractivity contribution is 7.80. The highest BCUT2D eigenvalue weighted by Crippen LogP contribution is 2.26. The largest absolute Gasteiger partial charge is 0.455 e. The second kappa shape index (κ2) is 5.80. The van der Waals surface area contributed by atoms with Gasteiger partial charge >= 0.3 is 0 Å². The van der Waals surface area contributed by atoms with Crippen LogP contribution in [-0.2, 0) is 0 Å². The molecule has 98 valence electrons. The Balaban J connectivity index is 2.31. The fraction of sp³-hybridized carbons (Fsp3) is 0.200. The zero-order valence-corrected chi connectivity index (χ0v) is 11.8. The van der Waals surface area contributed by atoms with Gasteiger partial charge in [0.05, 0.1) is 0 Å². The van der Waals surface area contributed by atoms with Gasteiger partial charge in [0.15, 0.2) is 5.75 Å². The third-order valence-corrected chi connectivity index (χ3v) is 2.95. The molecule has 4 heteroatoms. The summed E-state index contributed by atoms with van der Waals surface area (Å²) in [4.78, 5) is 4.37. The average Bonchev–Trinajstić information content (AvgIpc) is 2.39. The molecule has 0 amide bonds. The Morgan fingerprint density at radius 2 is 2.05 bits per heavy atom. The van der Waals surface area contributed by atoms with Crippen molar-refractivity contribution in [2.45, 2.75) is 19.8 Å². The molecule has 0 saturated heterocycles. The van der Waals surface area contributed by atoms with Crippen LogP contribution < -0.4 is 10.5 Å². The quantitative estimate of drug-likeness (QED) is 0.863. The second-order valence-corrected chi connectivity index (χ2v) is 4.98. The first-order valence-electron chi connectivity index (χ1n) is 6.10. The zero-order chi connectivity index (χ0) is 13.8. The van der Waals surface area contributed by atoms with Crippen molar-refractivity contribution >= 4 is 17.2 Å². The number of pyridine rings is 1. The van der Waals surface area contributed by atoms with E-state index in [2.05, 4.69) is 24.9 Å². The van der Waals surface area contributed by atoms with Crippen molar-refractivity contribution in [1.29, 1.82) is 0 Å². The van der Waals surface area contributed by atoms with Gasteiger partial charge in [-0.25, -0.2) is 4.98 Å². The maximum absolute atomic E-state index is 5.83. The standard InChI is InChI=1S/C15H16N2OS/c1-10(2)11-5-3-6-12(9-11)18-13-7-4-8-17-14(13)15(16)19/h3-10H,1-2H3,(H2,16,19). The Morgan fingerprint density at radius 3 is 2.74 bits per heavy atom. The predicted molar refractivity (Wildman–Crippen MR) is 80.7 cm³/mol. The van der Waals surface area contributed by atoms with Crippen LogP contribution in [0.2, 0.25) is 0 Å². The third-order valence-electron chi connectivity index (χ3n) is 2.76. The maximum atomic E-state index is 5.83. The summed E-state index contributed by atoms with van der Waals surface area (Å²) in [6.07, 6.45) is 1.64. The minimum Gasteiger partial charge on any atom is -0.455 e. The summed E-state index contributed by atoms with van der Waals surface area (Å²) in [5.74, 6) is 1.79. The molecule has 0 saturated carbocycles. The van der Waals surface area contributed by atoms with Gasteiger partial charge in [-0.15, -0.1) is 0 Å². The average molecular weight is 272 g/mol. The van der Waals surface area contributed by atoms with Crippen LogP contribution in [0.5, 0.6) is 11.5 Å². The molecule has 1 aromatic heterocycles. The third kappa shape index (κ3) is 3.29. The van der Waals surface area contributed by atoms with E-state index < -0.39 is 0 Å². The minimum absolute atomic E-state index is 0.232. The SMILES string of the molecule is CC(C)c1cccc(Oc2cccnc2C(N)=S)c1. The summed E-state index contributed by atoms with van der Waals surface area (Å²) in [5, 5.41) is 0. The first kappa shape index (κ1) is 13.5. The van der Waals surface area contributed by atoms with Crippen LogP contribution in [0.15, 0.2) is 42.6 Å². The molecule has 1 heterocycles. The fourth-order valence-electron chi connectivity index (χ4n) is 1.72. The molecular weight excluding hydrogens is 256 g/mol. The lowest BCUT2D eigenvalue weighted by Crippen LogP contribution is -2.12. The number of hydrogen-bond acceptors (Lipinski definition) is 3. The number of nitrogens with zero attached hydrogens (tertiary/aromatic N) is 1. The van der Waals surface area contributed by atoms with Gasteiger partial charge in [0.1, 0.15) is 16.4 Å². The van der Waals surface area contributed by atoms with Crippen LogP contribution in [0.4, 0.5) is 0 Å². The number of thiocarbonyl (C=S) groups is 1. The van der Waals surface area contributed by atoms with Crippen molar-refractivity contribution in [1.82, 2.24) is 4.98 Å². The molecule has 0 aliphatic rings. The van der Waals surface area contributed by atoms with Crippen LogP contribution in [0, 0.1) is 0 Å². The molecule has 0 fully saturated rings. The molecule has 0 aliphatic carbocycles. The highest BCUT2D eigenvalue weighted by Gasteiger charge is 2.09. The number of aromatic nitrogens is 1. The Labute approximate surface area is 118 Å². The molecule has 2 rings (SSSR count). The molecule has 19 heavy (non-hydrogen) atoms. The smallest absolute Gasteiger partial charge is 0.156 e. The van der Waals surface area contributed by atoms with E-state index in [9.17, 15) is 0 Å². The van der Waals surface area contributed by atoms with Crippen molar-refractivity contribution in [3.8, 4) is 11.5 Å². The fourth-order valence-corrected chi connectivity index (χ4v) is 1.88. The van der Waals surface area contributed by atoms with E-state index in [1.54, 1.807) is 12.3 Å². The van der Waals surface area contributed by atoms with E-state index in [0.717, 1.165) is 5.75 Å². The summed E-state index contributed by atoms with van der Waals surface area (Å²) < 4.78 is 5.83. The van der Waals surface area contributed by atoms with Crippen molar-refractivity contribution < 1.29 is 4.74 Å². The van der Waals surface area contributed by atoms with E-state index in [1.165, 1.54) is 5.56 Å². The molecule has 2 aromatic rings. The Hall–Kier alpha value is -1.94.